The molecule has 166 valence electrons. The molecule has 1 aliphatic rings. The van der Waals surface area contributed by atoms with E-state index in [0.717, 1.165) is 31.6 Å². The van der Waals surface area contributed by atoms with Crippen molar-refractivity contribution in [2.24, 2.45) is 0 Å². The summed E-state index contributed by atoms with van der Waals surface area (Å²) in [4.78, 5) is 26.8. The summed E-state index contributed by atoms with van der Waals surface area (Å²) in [5.74, 6) is 0.496. The van der Waals surface area contributed by atoms with E-state index < -0.39 is 0 Å². The summed E-state index contributed by atoms with van der Waals surface area (Å²) in [7, 11) is 0. The molecular formula is C24H31N3O4. The first-order chi connectivity index (χ1) is 15.2. The fourth-order valence-electron chi connectivity index (χ4n) is 3.44. The van der Waals surface area contributed by atoms with Gasteiger partial charge in [-0.25, -0.2) is 0 Å². The molecule has 0 atom stereocenters. The molecule has 2 aromatic carbocycles. The number of nitrogens with zero attached hydrogens (tertiary/aromatic N) is 1. The molecule has 0 aliphatic carbocycles. The Labute approximate surface area is 183 Å². The fraction of sp³-hybridized carbons (Fsp3) is 0.417. The van der Waals surface area contributed by atoms with Gasteiger partial charge < -0.3 is 25.0 Å². The molecule has 0 radical (unpaired) electrons. The van der Waals surface area contributed by atoms with Crippen LogP contribution in [0, 0.1) is 0 Å². The molecular weight excluding hydrogens is 394 g/mol. The second kappa shape index (κ2) is 12.0. The maximum Gasteiger partial charge on any atom is 0.253 e. The largest absolute Gasteiger partial charge is 0.489 e. The van der Waals surface area contributed by atoms with Crippen LogP contribution in [0.25, 0.3) is 0 Å². The minimum Gasteiger partial charge on any atom is -0.489 e. The van der Waals surface area contributed by atoms with Crippen molar-refractivity contribution in [2.45, 2.75) is 26.2 Å². The summed E-state index contributed by atoms with van der Waals surface area (Å²) in [5.41, 5.74) is 2.08. The van der Waals surface area contributed by atoms with Crippen molar-refractivity contribution in [3.05, 3.63) is 54.1 Å². The molecule has 0 aromatic heterocycles. The van der Waals surface area contributed by atoms with Gasteiger partial charge in [-0.3, -0.25) is 9.59 Å². The van der Waals surface area contributed by atoms with E-state index in [1.54, 1.807) is 18.2 Å². The molecule has 31 heavy (non-hydrogen) atoms. The topological polar surface area (TPSA) is 79.9 Å². The number of carbonyl (C=O) groups is 2. The first kappa shape index (κ1) is 22.6. The highest BCUT2D eigenvalue weighted by Crippen LogP contribution is 2.23. The SMILES string of the molecule is CCOCCOc1ccccc1NC(=O)CNc1ccc(C(=O)N2CCCCC2)cc1. The van der Waals surface area contributed by atoms with Gasteiger partial charge in [0.2, 0.25) is 5.91 Å². The van der Waals surface area contributed by atoms with E-state index in [4.69, 9.17) is 9.47 Å². The minimum absolute atomic E-state index is 0.0740. The van der Waals surface area contributed by atoms with E-state index in [1.165, 1.54) is 6.42 Å². The second-order valence-corrected chi connectivity index (χ2v) is 7.37. The predicted octanol–water partition coefficient (Wildman–Crippen LogP) is 3.78. The summed E-state index contributed by atoms with van der Waals surface area (Å²) in [5, 5.41) is 5.96. The molecule has 0 unspecified atom stereocenters. The van der Waals surface area contributed by atoms with E-state index in [0.29, 0.717) is 36.8 Å². The van der Waals surface area contributed by atoms with Crippen molar-refractivity contribution in [1.29, 1.82) is 0 Å². The van der Waals surface area contributed by atoms with Gasteiger partial charge >= 0.3 is 0 Å². The molecule has 0 bridgehead atoms. The number of ether oxygens (including phenoxy) is 2. The van der Waals surface area contributed by atoms with Crippen LogP contribution in [0.1, 0.15) is 36.5 Å². The highest BCUT2D eigenvalue weighted by Gasteiger charge is 2.17. The van der Waals surface area contributed by atoms with E-state index >= 15 is 0 Å². The van der Waals surface area contributed by atoms with Gasteiger partial charge in [-0.15, -0.1) is 0 Å². The van der Waals surface area contributed by atoms with Gasteiger partial charge in [0.05, 0.1) is 18.8 Å². The van der Waals surface area contributed by atoms with Crippen molar-refractivity contribution in [3.8, 4) is 5.75 Å². The summed E-state index contributed by atoms with van der Waals surface area (Å²) >= 11 is 0. The third-order valence-electron chi connectivity index (χ3n) is 5.08. The van der Waals surface area contributed by atoms with Crippen molar-refractivity contribution in [1.82, 2.24) is 4.90 Å². The average molecular weight is 426 g/mol. The molecule has 2 amide bonds. The maximum atomic E-state index is 12.5. The number of hydrogen-bond donors (Lipinski definition) is 2. The van der Waals surface area contributed by atoms with E-state index in [-0.39, 0.29) is 18.4 Å². The molecule has 3 rings (SSSR count). The smallest absolute Gasteiger partial charge is 0.253 e. The highest BCUT2D eigenvalue weighted by molar-refractivity contribution is 5.96. The number of anilines is 2. The van der Waals surface area contributed by atoms with Crippen LogP contribution in [0.4, 0.5) is 11.4 Å². The van der Waals surface area contributed by atoms with E-state index in [2.05, 4.69) is 10.6 Å². The molecule has 7 heteroatoms. The van der Waals surface area contributed by atoms with E-state index in [9.17, 15) is 9.59 Å². The molecule has 1 aliphatic heterocycles. The number of hydrogen-bond acceptors (Lipinski definition) is 5. The normalized spacial score (nSPS) is 13.5. The summed E-state index contributed by atoms with van der Waals surface area (Å²) in [6.07, 6.45) is 3.33. The molecule has 1 fully saturated rings. The van der Waals surface area contributed by atoms with Crippen LogP contribution in [0.3, 0.4) is 0 Å². The Morgan fingerprint density at radius 3 is 2.45 bits per heavy atom. The maximum absolute atomic E-state index is 12.5. The van der Waals surface area contributed by atoms with Gasteiger partial charge in [0.1, 0.15) is 12.4 Å². The number of piperidine rings is 1. The van der Waals surface area contributed by atoms with Crippen molar-refractivity contribution >= 4 is 23.2 Å². The molecule has 1 heterocycles. The quantitative estimate of drug-likeness (QED) is 0.567. The van der Waals surface area contributed by atoms with Crippen LogP contribution in [-0.2, 0) is 9.53 Å². The van der Waals surface area contributed by atoms with Gasteiger partial charge in [0, 0.05) is 30.9 Å². The molecule has 2 N–H and O–H groups in total. The van der Waals surface area contributed by atoms with Crippen LogP contribution in [0.2, 0.25) is 0 Å². The lowest BCUT2D eigenvalue weighted by Gasteiger charge is -2.26. The minimum atomic E-state index is -0.186. The Kier molecular flexibility index (Phi) is 8.72. The Morgan fingerprint density at radius 2 is 1.71 bits per heavy atom. The molecule has 1 saturated heterocycles. The summed E-state index contributed by atoms with van der Waals surface area (Å²) in [6, 6.07) is 14.6. The number of benzene rings is 2. The third kappa shape index (κ3) is 7.00. The van der Waals surface area contributed by atoms with Gasteiger partial charge in [-0.2, -0.15) is 0 Å². The van der Waals surface area contributed by atoms with Crippen LogP contribution >= 0.6 is 0 Å². The number of carbonyl (C=O) groups excluding carboxylic acids is 2. The fourth-order valence-corrected chi connectivity index (χ4v) is 3.44. The summed E-state index contributed by atoms with van der Waals surface area (Å²) in [6.45, 7) is 5.25. The van der Waals surface area contributed by atoms with Crippen molar-refractivity contribution < 1.29 is 19.1 Å². The zero-order valence-electron chi connectivity index (χ0n) is 18.1. The zero-order chi connectivity index (χ0) is 21.9. The van der Waals surface area contributed by atoms with Gasteiger partial charge in [-0.1, -0.05) is 12.1 Å². The number of para-hydroxylation sites is 2. The lowest BCUT2D eigenvalue weighted by Crippen LogP contribution is -2.35. The highest BCUT2D eigenvalue weighted by atomic mass is 16.5. The van der Waals surface area contributed by atoms with Gasteiger partial charge in [0.25, 0.3) is 5.91 Å². The number of rotatable bonds is 10. The zero-order valence-corrected chi connectivity index (χ0v) is 18.1. The average Bonchev–Trinajstić information content (AvgIpc) is 2.82. The van der Waals surface area contributed by atoms with Crippen LogP contribution < -0.4 is 15.4 Å². The third-order valence-corrected chi connectivity index (χ3v) is 5.08. The Balaban J connectivity index is 1.48. The first-order valence-corrected chi connectivity index (χ1v) is 10.9. The molecule has 2 aromatic rings. The van der Waals surface area contributed by atoms with E-state index in [1.807, 2.05) is 42.2 Å². The number of nitrogens with one attached hydrogen (secondary N) is 2. The lowest BCUT2D eigenvalue weighted by atomic mass is 10.1. The lowest BCUT2D eigenvalue weighted by molar-refractivity contribution is -0.114. The van der Waals surface area contributed by atoms with Gasteiger partial charge in [0.15, 0.2) is 0 Å². The standard InChI is InChI=1S/C24H31N3O4/c1-2-30-16-17-31-22-9-5-4-8-21(22)26-23(28)18-25-20-12-10-19(11-13-20)24(29)27-14-6-3-7-15-27/h4-5,8-13,25H,2-3,6-7,14-18H2,1H3,(H,26,28). The predicted molar refractivity (Wildman–Crippen MR) is 122 cm³/mol. The van der Waals surface area contributed by atoms with Crippen molar-refractivity contribution in [3.63, 3.8) is 0 Å². The molecule has 0 saturated carbocycles. The van der Waals surface area contributed by atoms with Crippen LogP contribution in [0.15, 0.2) is 48.5 Å². The first-order valence-electron chi connectivity index (χ1n) is 10.9. The monoisotopic (exact) mass is 425 g/mol. The number of amides is 2. The molecule has 7 nitrogen and oxygen atoms in total. The van der Waals surface area contributed by atoms with Crippen LogP contribution in [-0.4, -0.2) is 56.2 Å². The number of likely N-dealkylation sites (tertiary alicyclic amines) is 1. The second-order valence-electron chi connectivity index (χ2n) is 7.37. The van der Waals surface area contributed by atoms with Crippen molar-refractivity contribution in [2.75, 3.05) is 50.1 Å². The Morgan fingerprint density at radius 1 is 0.968 bits per heavy atom. The van der Waals surface area contributed by atoms with Crippen LogP contribution in [0.5, 0.6) is 5.75 Å². The molecule has 0 spiro atoms. The Hall–Kier alpha value is -3.06. The summed E-state index contributed by atoms with van der Waals surface area (Å²) < 4.78 is 11.0. The van der Waals surface area contributed by atoms with Gasteiger partial charge in [-0.05, 0) is 62.6 Å². The Bertz CT molecular complexity index is 848.